The average molecular weight is 748 g/mol. The summed E-state index contributed by atoms with van der Waals surface area (Å²) in [5, 5.41) is 5.59. The maximum atomic E-state index is 2.77. The second-order valence-corrected chi connectivity index (χ2v) is 18.4. The summed E-state index contributed by atoms with van der Waals surface area (Å²) in [6.45, 7) is 13.9. The van der Waals surface area contributed by atoms with E-state index in [2.05, 4.69) is 178 Å². The molecule has 14 rings (SSSR count). The SMILES string of the molecule is Cc1cccc(B2c3c(-c4ccccc4)c4c5c6c3-n3c7c2cc(C)cc7c2c(C)ccc(c23)B6c2ccc(C)c3c6cc(C)cc(c6n-5c23)B4c2cccc(C)c2)c1. The minimum Gasteiger partial charge on any atom is -0.311 e. The van der Waals surface area contributed by atoms with Crippen molar-refractivity contribution in [1.82, 2.24) is 9.13 Å². The molecule has 0 aliphatic carbocycles. The van der Waals surface area contributed by atoms with Crippen molar-refractivity contribution in [3.8, 4) is 22.5 Å². The van der Waals surface area contributed by atoms with Gasteiger partial charge in [-0.3, -0.25) is 0 Å². The van der Waals surface area contributed by atoms with Gasteiger partial charge in [0, 0.05) is 55.0 Å². The number of aryl methyl sites for hydroxylation is 6. The highest BCUT2D eigenvalue weighted by Gasteiger charge is 2.51. The van der Waals surface area contributed by atoms with Crippen LogP contribution in [0.15, 0.2) is 127 Å². The van der Waals surface area contributed by atoms with Crippen molar-refractivity contribution in [2.24, 2.45) is 0 Å². The molecule has 0 saturated carbocycles. The van der Waals surface area contributed by atoms with E-state index in [1.807, 2.05) is 0 Å². The molecule has 0 fully saturated rings. The average Bonchev–Trinajstić information content (AvgIpc) is 3.76. The van der Waals surface area contributed by atoms with Crippen LogP contribution in [0.2, 0.25) is 0 Å². The van der Waals surface area contributed by atoms with Gasteiger partial charge < -0.3 is 9.13 Å². The lowest BCUT2D eigenvalue weighted by Crippen LogP contribution is -2.70. The van der Waals surface area contributed by atoms with Gasteiger partial charge in [0.2, 0.25) is 13.4 Å². The Balaban J connectivity index is 1.34. The molecular formula is C54H39B3N2. The molecule has 0 N–H and O–H groups in total. The van der Waals surface area contributed by atoms with Crippen molar-refractivity contribution < 1.29 is 0 Å². The first-order valence-corrected chi connectivity index (χ1v) is 21.4. The van der Waals surface area contributed by atoms with Crippen molar-refractivity contribution in [3.05, 3.63) is 161 Å². The van der Waals surface area contributed by atoms with Crippen molar-refractivity contribution in [2.75, 3.05) is 0 Å². The number of hydrogen-bond donors (Lipinski definition) is 0. The smallest absolute Gasteiger partial charge is 0.252 e. The molecule has 0 unspecified atom stereocenters. The van der Waals surface area contributed by atoms with Gasteiger partial charge in [0.25, 0.3) is 6.71 Å². The third-order valence-electron chi connectivity index (χ3n) is 14.8. The largest absolute Gasteiger partial charge is 0.311 e. The van der Waals surface area contributed by atoms with Crippen molar-refractivity contribution in [3.63, 3.8) is 0 Å². The molecule has 0 radical (unpaired) electrons. The molecule has 274 valence electrons. The van der Waals surface area contributed by atoms with Gasteiger partial charge in [0.05, 0.1) is 0 Å². The summed E-state index contributed by atoms with van der Waals surface area (Å²) >= 11 is 0. The Labute approximate surface area is 345 Å². The lowest BCUT2D eigenvalue weighted by Gasteiger charge is -2.43. The zero-order chi connectivity index (χ0) is 39.3. The van der Waals surface area contributed by atoms with E-state index in [1.165, 1.54) is 149 Å². The molecule has 8 aromatic carbocycles. The standard InChI is InChI=1S/C54H39B3N2/c1-28-12-10-16-35(22-28)55-41-26-30(3)24-37-43-32(5)18-20-39-51(43)58(49(37)41)53-46(55)45(34-14-8-7-9-15-34)47-54-48(53)57(39)40-21-19-33(6)44-38-25-31(4)27-42(50(38)59(54)52(40)44)56(47)36-17-11-13-29(2)23-36/h7-27H,1-6H3. The van der Waals surface area contributed by atoms with E-state index in [9.17, 15) is 0 Å². The summed E-state index contributed by atoms with van der Waals surface area (Å²) in [5.41, 5.74) is 31.8. The van der Waals surface area contributed by atoms with Crippen molar-refractivity contribution in [2.45, 2.75) is 41.5 Å². The number of benzene rings is 8. The Hall–Kier alpha value is -6.45. The van der Waals surface area contributed by atoms with Crippen LogP contribution < -0.4 is 49.2 Å². The number of fused-ring (bicyclic) bond motifs is 4. The van der Waals surface area contributed by atoms with Crippen LogP contribution in [0.25, 0.3) is 66.1 Å². The minimum absolute atomic E-state index is 0.0320. The van der Waals surface area contributed by atoms with Gasteiger partial charge in [-0.15, -0.1) is 0 Å². The molecule has 5 heteroatoms. The second kappa shape index (κ2) is 10.8. The highest BCUT2D eigenvalue weighted by atomic mass is 15.0. The van der Waals surface area contributed by atoms with Crippen molar-refractivity contribution >= 4 is 113 Å². The number of rotatable bonds is 3. The summed E-state index contributed by atoms with van der Waals surface area (Å²) in [6, 6.07) is 50.1. The van der Waals surface area contributed by atoms with E-state index in [-0.39, 0.29) is 20.1 Å². The van der Waals surface area contributed by atoms with Gasteiger partial charge in [-0.05, 0) is 114 Å². The number of nitrogens with zero attached hydrogens (tertiary/aromatic N) is 2. The van der Waals surface area contributed by atoms with E-state index in [4.69, 9.17) is 0 Å². The fourth-order valence-electron chi connectivity index (χ4n) is 12.8. The fourth-order valence-corrected chi connectivity index (χ4v) is 12.8. The van der Waals surface area contributed by atoms with Crippen LogP contribution >= 0.6 is 0 Å². The van der Waals surface area contributed by atoms with Crippen LogP contribution in [0.5, 0.6) is 0 Å². The Morgan fingerprint density at radius 3 is 1.34 bits per heavy atom. The number of aromatic nitrogens is 2. The van der Waals surface area contributed by atoms with Gasteiger partial charge >= 0.3 is 0 Å². The topological polar surface area (TPSA) is 9.86 Å². The van der Waals surface area contributed by atoms with Crippen LogP contribution in [0.4, 0.5) is 0 Å². The molecule has 0 amide bonds. The zero-order valence-electron chi connectivity index (χ0n) is 34.3. The molecule has 0 spiro atoms. The third kappa shape index (κ3) is 3.76. The fraction of sp³-hybridized carbons (Fsp3) is 0.111. The molecule has 2 aromatic heterocycles. The molecule has 0 bridgehead atoms. The van der Waals surface area contributed by atoms with E-state index in [0.29, 0.717) is 0 Å². The molecule has 0 saturated heterocycles. The first-order valence-electron chi connectivity index (χ1n) is 21.4. The highest BCUT2D eigenvalue weighted by molar-refractivity contribution is 7.07. The zero-order valence-corrected chi connectivity index (χ0v) is 34.3. The molecule has 4 aliphatic heterocycles. The van der Waals surface area contributed by atoms with Gasteiger partial charge in [0.1, 0.15) is 0 Å². The first kappa shape index (κ1) is 32.5. The molecule has 0 atom stereocenters. The minimum atomic E-state index is 0.0320. The summed E-state index contributed by atoms with van der Waals surface area (Å²) in [6.07, 6.45) is 0. The monoisotopic (exact) mass is 748 g/mol. The maximum Gasteiger partial charge on any atom is 0.252 e. The van der Waals surface area contributed by atoms with E-state index >= 15 is 0 Å². The first-order chi connectivity index (χ1) is 28.8. The van der Waals surface area contributed by atoms with E-state index < -0.39 is 0 Å². The maximum absolute atomic E-state index is 2.77. The van der Waals surface area contributed by atoms with E-state index in [1.54, 1.807) is 0 Å². The number of hydrogen-bond acceptors (Lipinski definition) is 0. The van der Waals surface area contributed by atoms with Crippen LogP contribution in [0, 0.1) is 41.5 Å². The Morgan fingerprint density at radius 1 is 0.373 bits per heavy atom. The molecule has 2 nitrogen and oxygen atoms in total. The van der Waals surface area contributed by atoms with Crippen LogP contribution in [-0.4, -0.2) is 29.3 Å². The highest BCUT2D eigenvalue weighted by Crippen LogP contribution is 2.43. The summed E-state index contributed by atoms with van der Waals surface area (Å²) in [7, 11) is 0. The molecule has 6 heterocycles. The molecular weight excluding hydrogens is 709 g/mol. The Morgan fingerprint density at radius 2 is 0.864 bits per heavy atom. The Kier molecular flexibility index (Phi) is 5.94. The van der Waals surface area contributed by atoms with Crippen LogP contribution in [-0.2, 0) is 0 Å². The van der Waals surface area contributed by atoms with Gasteiger partial charge in [0.15, 0.2) is 0 Å². The van der Waals surface area contributed by atoms with E-state index in [0.717, 1.165) is 0 Å². The van der Waals surface area contributed by atoms with Crippen LogP contribution in [0.1, 0.15) is 33.4 Å². The van der Waals surface area contributed by atoms with Crippen molar-refractivity contribution in [1.29, 1.82) is 0 Å². The summed E-state index contributed by atoms with van der Waals surface area (Å²) < 4.78 is 5.54. The second-order valence-electron chi connectivity index (χ2n) is 18.4. The predicted molar refractivity (Wildman–Crippen MR) is 256 cm³/mol. The van der Waals surface area contributed by atoms with Gasteiger partial charge in [-0.25, -0.2) is 0 Å². The molecule has 10 aromatic rings. The Bertz CT molecular complexity index is 3430. The van der Waals surface area contributed by atoms with Crippen LogP contribution in [0.3, 0.4) is 0 Å². The summed E-state index contributed by atoms with van der Waals surface area (Å²) in [4.78, 5) is 0. The lowest BCUT2D eigenvalue weighted by atomic mass is 9.26. The summed E-state index contributed by atoms with van der Waals surface area (Å²) in [5.74, 6) is 0. The lowest BCUT2D eigenvalue weighted by molar-refractivity contribution is 1.15. The molecule has 4 aliphatic rings. The predicted octanol–water partition coefficient (Wildman–Crippen LogP) is 6.20. The normalized spacial score (nSPS) is 13.8. The molecule has 59 heavy (non-hydrogen) atoms. The quantitative estimate of drug-likeness (QED) is 0.191. The van der Waals surface area contributed by atoms with Gasteiger partial charge in [-0.1, -0.05) is 148 Å². The third-order valence-corrected chi connectivity index (χ3v) is 14.8. The van der Waals surface area contributed by atoms with Gasteiger partial charge in [-0.2, -0.15) is 0 Å².